The summed E-state index contributed by atoms with van der Waals surface area (Å²) in [6.07, 6.45) is 1.21. The number of hydrogen-bond acceptors (Lipinski definition) is 5. The average molecular weight is 302 g/mol. The molecule has 3 N–H and O–H groups in total. The van der Waals surface area contributed by atoms with Crippen LogP contribution >= 0.6 is 0 Å². The van der Waals surface area contributed by atoms with Crippen molar-refractivity contribution in [1.29, 1.82) is 0 Å². The van der Waals surface area contributed by atoms with Gasteiger partial charge in [-0.2, -0.15) is 0 Å². The van der Waals surface area contributed by atoms with Crippen molar-refractivity contribution in [3.05, 3.63) is 24.4 Å². The van der Waals surface area contributed by atoms with Crippen LogP contribution in [0.5, 0.6) is 0 Å². The zero-order valence-electron chi connectivity index (χ0n) is 11.8. The Morgan fingerprint density at radius 1 is 1.36 bits per heavy atom. The number of amides is 3. The normalized spacial score (nSPS) is 15.0. The largest absolute Gasteiger partial charge is 0.452 e. The number of ether oxygens (including phenoxy) is 1. The summed E-state index contributed by atoms with van der Waals surface area (Å²) in [6, 6.07) is 4.49. The molecule has 22 heavy (non-hydrogen) atoms. The Morgan fingerprint density at radius 3 is 2.82 bits per heavy atom. The van der Waals surface area contributed by atoms with Crippen molar-refractivity contribution < 1.29 is 19.1 Å². The highest BCUT2D eigenvalue weighted by Gasteiger charge is 2.25. The molecular weight excluding hydrogens is 288 g/mol. The summed E-state index contributed by atoms with van der Waals surface area (Å²) < 4.78 is 6.02. The number of urea groups is 1. The van der Waals surface area contributed by atoms with Crippen molar-refractivity contribution in [2.45, 2.75) is 6.42 Å². The third-order valence-corrected chi connectivity index (χ3v) is 3.56. The van der Waals surface area contributed by atoms with Gasteiger partial charge in [-0.15, -0.1) is 0 Å². The first-order valence-corrected chi connectivity index (χ1v) is 6.61. The summed E-state index contributed by atoms with van der Waals surface area (Å²) in [4.78, 5) is 36.3. The van der Waals surface area contributed by atoms with E-state index in [1.807, 2.05) is 0 Å². The lowest BCUT2D eigenvalue weighted by Gasteiger charge is -2.27. The number of nitrogens with zero attached hydrogens (tertiary/aromatic N) is 2. The van der Waals surface area contributed by atoms with Crippen LogP contribution in [0, 0.1) is 0 Å². The van der Waals surface area contributed by atoms with Gasteiger partial charge in [0.05, 0.1) is 12.6 Å². The maximum atomic E-state index is 11.9. The van der Waals surface area contributed by atoms with E-state index < -0.39 is 12.1 Å². The number of nitrogens with two attached hydrogens (primary N) is 1. The SMILES string of the molecule is COC(=O)n1ccc2c(N)cc(N3CCC(=O)NC3=O)cc21. The molecule has 8 heteroatoms. The first kappa shape index (κ1) is 13.9. The molecule has 1 aliphatic rings. The molecule has 0 radical (unpaired) electrons. The summed E-state index contributed by atoms with van der Waals surface area (Å²) in [5.74, 6) is -0.312. The van der Waals surface area contributed by atoms with Crippen LogP contribution < -0.4 is 16.0 Å². The molecule has 1 aromatic carbocycles. The third-order valence-electron chi connectivity index (χ3n) is 3.56. The Kier molecular flexibility index (Phi) is 3.21. The molecule has 8 nitrogen and oxygen atoms in total. The standard InChI is InChI=1S/C14H14N4O4/c1-22-14(21)18-4-2-9-10(15)6-8(7-11(9)18)17-5-3-12(19)16-13(17)20/h2,4,6-7H,3,5,15H2,1H3,(H,16,19,20). The van der Waals surface area contributed by atoms with Gasteiger partial charge in [0.1, 0.15) is 0 Å². The molecule has 1 aromatic heterocycles. The molecule has 0 atom stereocenters. The minimum absolute atomic E-state index is 0.210. The molecule has 0 saturated carbocycles. The topological polar surface area (TPSA) is 107 Å². The number of hydrogen-bond donors (Lipinski definition) is 2. The van der Waals surface area contributed by atoms with Gasteiger partial charge in [0.25, 0.3) is 0 Å². The van der Waals surface area contributed by atoms with Gasteiger partial charge in [0.2, 0.25) is 5.91 Å². The van der Waals surface area contributed by atoms with E-state index in [0.29, 0.717) is 22.3 Å². The maximum Gasteiger partial charge on any atom is 0.418 e. The van der Waals surface area contributed by atoms with E-state index in [4.69, 9.17) is 10.5 Å². The second-order valence-electron chi connectivity index (χ2n) is 4.88. The van der Waals surface area contributed by atoms with Crippen molar-refractivity contribution in [1.82, 2.24) is 9.88 Å². The Bertz CT molecular complexity index is 795. The number of imide groups is 1. The fourth-order valence-electron chi connectivity index (χ4n) is 2.48. The number of methoxy groups -OCH3 is 1. The quantitative estimate of drug-likeness (QED) is 0.772. The molecule has 2 heterocycles. The number of anilines is 2. The number of carbonyl (C=O) groups excluding carboxylic acids is 3. The van der Waals surface area contributed by atoms with Crippen LogP contribution in [-0.2, 0) is 9.53 Å². The zero-order chi connectivity index (χ0) is 15.9. The van der Waals surface area contributed by atoms with E-state index in [9.17, 15) is 14.4 Å². The molecule has 1 saturated heterocycles. The molecule has 0 bridgehead atoms. The van der Waals surface area contributed by atoms with Crippen LogP contribution in [0.1, 0.15) is 6.42 Å². The highest BCUT2D eigenvalue weighted by molar-refractivity contribution is 6.07. The molecule has 3 amide bonds. The van der Waals surface area contributed by atoms with E-state index in [-0.39, 0.29) is 18.9 Å². The van der Waals surface area contributed by atoms with Crippen molar-refractivity contribution in [2.24, 2.45) is 0 Å². The number of carbonyl (C=O) groups is 3. The Labute approximate surface area is 125 Å². The van der Waals surface area contributed by atoms with Gasteiger partial charge in [-0.05, 0) is 18.2 Å². The minimum atomic E-state index is -0.551. The highest BCUT2D eigenvalue weighted by Crippen LogP contribution is 2.30. The summed E-state index contributed by atoms with van der Waals surface area (Å²) >= 11 is 0. The van der Waals surface area contributed by atoms with Gasteiger partial charge in [0, 0.05) is 35.9 Å². The molecule has 114 valence electrons. The van der Waals surface area contributed by atoms with Crippen LogP contribution in [0.4, 0.5) is 21.0 Å². The van der Waals surface area contributed by atoms with Crippen LogP contribution in [0.15, 0.2) is 24.4 Å². The van der Waals surface area contributed by atoms with Gasteiger partial charge in [-0.3, -0.25) is 19.6 Å². The maximum absolute atomic E-state index is 11.9. The van der Waals surface area contributed by atoms with Crippen molar-refractivity contribution in [3.8, 4) is 0 Å². The number of rotatable bonds is 1. The second kappa shape index (κ2) is 5.06. The van der Waals surface area contributed by atoms with Crippen LogP contribution in [0.3, 0.4) is 0 Å². The zero-order valence-corrected chi connectivity index (χ0v) is 11.8. The highest BCUT2D eigenvalue weighted by atomic mass is 16.5. The Morgan fingerprint density at radius 2 is 2.14 bits per heavy atom. The average Bonchev–Trinajstić information content (AvgIpc) is 2.90. The van der Waals surface area contributed by atoms with Crippen LogP contribution in [0.2, 0.25) is 0 Å². The lowest BCUT2D eigenvalue weighted by molar-refractivity contribution is -0.120. The van der Waals surface area contributed by atoms with Gasteiger partial charge < -0.3 is 10.5 Å². The molecule has 1 aliphatic heterocycles. The van der Waals surface area contributed by atoms with Crippen molar-refractivity contribution >= 4 is 40.3 Å². The molecule has 0 aliphatic carbocycles. The van der Waals surface area contributed by atoms with E-state index in [1.54, 1.807) is 24.4 Å². The number of benzene rings is 1. The van der Waals surface area contributed by atoms with Crippen LogP contribution in [-0.4, -0.2) is 36.3 Å². The minimum Gasteiger partial charge on any atom is -0.452 e. The monoisotopic (exact) mass is 302 g/mol. The molecular formula is C14H14N4O4. The summed E-state index contributed by atoms with van der Waals surface area (Å²) in [5, 5.41) is 2.93. The predicted molar refractivity (Wildman–Crippen MR) is 79.7 cm³/mol. The van der Waals surface area contributed by atoms with Crippen molar-refractivity contribution in [2.75, 3.05) is 24.3 Å². The number of nitrogens with one attached hydrogen (secondary N) is 1. The molecule has 3 rings (SSSR count). The lowest BCUT2D eigenvalue weighted by atomic mass is 10.1. The van der Waals surface area contributed by atoms with Crippen molar-refractivity contribution in [3.63, 3.8) is 0 Å². The van der Waals surface area contributed by atoms with Gasteiger partial charge in [0.15, 0.2) is 0 Å². The van der Waals surface area contributed by atoms with Gasteiger partial charge >= 0.3 is 12.1 Å². The summed E-state index contributed by atoms with van der Waals surface area (Å²) in [6.45, 7) is 0.258. The number of nitrogen functional groups attached to an aromatic ring is 1. The third kappa shape index (κ3) is 2.14. The smallest absolute Gasteiger partial charge is 0.418 e. The lowest BCUT2D eigenvalue weighted by Crippen LogP contribution is -2.49. The van der Waals surface area contributed by atoms with Gasteiger partial charge in [-0.25, -0.2) is 9.59 Å². The molecule has 0 unspecified atom stereocenters. The first-order chi connectivity index (χ1) is 10.5. The van der Waals surface area contributed by atoms with E-state index in [1.165, 1.54) is 16.6 Å². The fourth-order valence-corrected chi connectivity index (χ4v) is 2.48. The second-order valence-corrected chi connectivity index (χ2v) is 4.88. The van der Waals surface area contributed by atoms with Gasteiger partial charge in [-0.1, -0.05) is 0 Å². The first-order valence-electron chi connectivity index (χ1n) is 6.61. The van der Waals surface area contributed by atoms with Crippen LogP contribution in [0.25, 0.3) is 10.9 Å². The van der Waals surface area contributed by atoms with E-state index in [2.05, 4.69) is 5.32 Å². The Balaban J connectivity index is 2.09. The summed E-state index contributed by atoms with van der Waals surface area (Å²) in [7, 11) is 1.28. The Hall–Kier alpha value is -3.03. The molecule has 2 aromatic rings. The fraction of sp³-hybridized carbons (Fsp3) is 0.214. The molecule has 0 spiro atoms. The molecule has 1 fully saturated rings. The van der Waals surface area contributed by atoms with E-state index in [0.717, 1.165) is 0 Å². The number of aromatic nitrogens is 1. The van der Waals surface area contributed by atoms with E-state index >= 15 is 0 Å². The summed E-state index contributed by atoms with van der Waals surface area (Å²) in [5.41, 5.74) is 7.48. The number of fused-ring (bicyclic) bond motifs is 1. The predicted octanol–water partition coefficient (Wildman–Crippen LogP) is 1.28.